The largest absolute Gasteiger partial charge is 0.466 e. The van der Waals surface area contributed by atoms with Gasteiger partial charge >= 0.3 is 5.97 Å². The fraction of sp³-hybridized carbons (Fsp3) is 0.300. The molecule has 0 heterocycles. The summed E-state index contributed by atoms with van der Waals surface area (Å²) in [6.07, 6.45) is 0.240. The Hall–Kier alpha value is -0.0600. The van der Waals surface area contributed by atoms with Crippen LogP contribution in [0.3, 0.4) is 0 Å². The highest BCUT2D eigenvalue weighted by Crippen LogP contribution is 2.29. The van der Waals surface area contributed by atoms with Crippen molar-refractivity contribution in [3.63, 3.8) is 0 Å². The van der Waals surface area contributed by atoms with Gasteiger partial charge in [-0.2, -0.15) is 0 Å². The predicted octanol–water partition coefficient (Wildman–Crippen LogP) is 3.97. The van der Waals surface area contributed by atoms with E-state index in [9.17, 15) is 4.79 Å². The first kappa shape index (κ1) is 13.0. The van der Waals surface area contributed by atoms with Gasteiger partial charge in [-0.1, -0.05) is 27.5 Å². The Kier molecular flexibility index (Phi) is 5.09. The van der Waals surface area contributed by atoms with E-state index in [0.29, 0.717) is 11.6 Å². The minimum Gasteiger partial charge on any atom is -0.466 e. The van der Waals surface area contributed by atoms with Crippen molar-refractivity contribution < 1.29 is 9.53 Å². The van der Waals surface area contributed by atoms with Crippen LogP contribution in [0.15, 0.2) is 21.1 Å². The normalized spacial score (nSPS) is 10.1. The van der Waals surface area contributed by atoms with E-state index in [-0.39, 0.29) is 12.4 Å². The average molecular weight is 356 g/mol. The highest BCUT2D eigenvalue weighted by atomic mass is 79.9. The van der Waals surface area contributed by atoms with Crippen LogP contribution in [0.2, 0.25) is 5.02 Å². The highest BCUT2D eigenvalue weighted by molar-refractivity contribution is 9.11. The third kappa shape index (κ3) is 3.78. The molecule has 0 aliphatic carbocycles. The van der Waals surface area contributed by atoms with E-state index in [2.05, 4.69) is 31.9 Å². The lowest BCUT2D eigenvalue weighted by molar-refractivity contribution is -0.142. The Morgan fingerprint density at radius 3 is 2.67 bits per heavy atom. The molecule has 0 aromatic heterocycles. The average Bonchev–Trinajstić information content (AvgIpc) is 2.14. The van der Waals surface area contributed by atoms with Crippen molar-refractivity contribution in [3.8, 4) is 0 Å². The zero-order valence-electron chi connectivity index (χ0n) is 8.02. The van der Waals surface area contributed by atoms with Crippen molar-refractivity contribution in [2.75, 3.05) is 6.61 Å². The molecule has 1 aromatic rings. The minimum absolute atomic E-state index is 0.240. The second-order valence-electron chi connectivity index (χ2n) is 2.84. The molecule has 0 spiro atoms. The number of carbonyl (C=O) groups excluding carboxylic acids is 1. The van der Waals surface area contributed by atoms with Crippen molar-refractivity contribution in [2.45, 2.75) is 13.3 Å². The topological polar surface area (TPSA) is 26.3 Å². The lowest BCUT2D eigenvalue weighted by atomic mass is 10.1. The first-order chi connectivity index (χ1) is 7.04. The fourth-order valence-electron chi connectivity index (χ4n) is 1.07. The number of rotatable bonds is 3. The number of halogens is 3. The Balaban J connectivity index is 2.86. The molecule has 0 unspecified atom stereocenters. The quantitative estimate of drug-likeness (QED) is 0.605. The SMILES string of the molecule is CCOC(=O)Cc1cc(Br)c(Cl)cc1Br. The smallest absolute Gasteiger partial charge is 0.310 e. The van der Waals surface area contributed by atoms with Crippen LogP contribution in [0.5, 0.6) is 0 Å². The Morgan fingerprint density at radius 2 is 2.07 bits per heavy atom. The predicted molar refractivity (Wildman–Crippen MR) is 67.2 cm³/mol. The number of carbonyl (C=O) groups is 1. The van der Waals surface area contributed by atoms with Gasteiger partial charge in [-0.3, -0.25) is 4.79 Å². The molecule has 0 atom stereocenters. The third-order valence-electron chi connectivity index (χ3n) is 1.73. The number of esters is 1. The summed E-state index contributed by atoms with van der Waals surface area (Å²) < 4.78 is 6.44. The third-order valence-corrected chi connectivity index (χ3v) is 3.66. The van der Waals surface area contributed by atoms with Gasteiger partial charge in [0.15, 0.2) is 0 Å². The maximum atomic E-state index is 11.3. The fourth-order valence-corrected chi connectivity index (χ4v) is 2.24. The Morgan fingerprint density at radius 1 is 1.40 bits per heavy atom. The van der Waals surface area contributed by atoms with E-state index in [1.54, 1.807) is 13.0 Å². The minimum atomic E-state index is -0.243. The zero-order valence-corrected chi connectivity index (χ0v) is 11.9. The number of hydrogen-bond donors (Lipinski definition) is 0. The summed E-state index contributed by atoms with van der Waals surface area (Å²) >= 11 is 12.5. The second kappa shape index (κ2) is 5.87. The molecule has 2 nitrogen and oxygen atoms in total. The van der Waals surface area contributed by atoms with E-state index in [0.717, 1.165) is 14.5 Å². The molecule has 15 heavy (non-hydrogen) atoms. The first-order valence-electron chi connectivity index (χ1n) is 4.33. The molecule has 82 valence electrons. The van der Waals surface area contributed by atoms with Gasteiger partial charge in [0.1, 0.15) is 0 Å². The molecular weight excluding hydrogens is 347 g/mol. The van der Waals surface area contributed by atoms with Crippen LogP contribution in [-0.2, 0) is 16.0 Å². The van der Waals surface area contributed by atoms with E-state index in [4.69, 9.17) is 16.3 Å². The van der Waals surface area contributed by atoms with E-state index in [1.165, 1.54) is 0 Å². The molecular formula is C10H9Br2ClO2. The summed E-state index contributed by atoms with van der Waals surface area (Å²) in [5.41, 5.74) is 0.852. The highest BCUT2D eigenvalue weighted by Gasteiger charge is 2.10. The molecule has 0 fully saturated rings. The molecule has 1 rings (SSSR count). The van der Waals surface area contributed by atoms with Gasteiger partial charge in [0, 0.05) is 8.95 Å². The maximum Gasteiger partial charge on any atom is 0.310 e. The van der Waals surface area contributed by atoms with E-state index < -0.39 is 0 Å². The van der Waals surface area contributed by atoms with E-state index >= 15 is 0 Å². The Labute approximate surface area is 110 Å². The summed E-state index contributed by atoms with van der Waals surface area (Å²) in [7, 11) is 0. The van der Waals surface area contributed by atoms with Gasteiger partial charge < -0.3 is 4.74 Å². The van der Waals surface area contributed by atoms with Crippen molar-refractivity contribution in [1.82, 2.24) is 0 Å². The molecule has 0 bridgehead atoms. The summed E-state index contributed by atoms with van der Waals surface area (Å²) in [5, 5.41) is 0.606. The standard InChI is InChI=1S/C10H9Br2ClO2/c1-2-15-10(14)4-6-3-8(12)9(13)5-7(6)11/h3,5H,2,4H2,1H3. The zero-order chi connectivity index (χ0) is 11.4. The summed E-state index contributed by atoms with van der Waals surface area (Å²) in [4.78, 5) is 11.3. The van der Waals surface area contributed by atoms with Crippen molar-refractivity contribution >= 4 is 49.4 Å². The Bertz CT molecular complexity index is 380. The van der Waals surface area contributed by atoms with Crippen LogP contribution >= 0.6 is 43.5 Å². The molecule has 0 aliphatic heterocycles. The lowest BCUT2D eigenvalue weighted by Gasteiger charge is -2.06. The van der Waals surface area contributed by atoms with Gasteiger partial charge in [0.05, 0.1) is 18.1 Å². The van der Waals surface area contributed by atoms with Crippen LogP contribution < -0.4 is 0 Å². The van der Waals surface area contributed by atoms with Gasteiger partial charge in [-0.15, -0.1) is 0 Å². The summed E-state index contributed by atoms with van der Waals surface area (Å²) in [6.45, 7) is 2.18. The molecule has 0 aliphatic rings. The van der Waals surface area contributed by atoms with Gasteiger partial charge in [-0.25, -0.2) is 0 Å². The van der Waals surface area contributed by atoms with Crippen LogP contribution in [0.1, 0.15) is 12.5 Å². The molecule has 5 heteroatoms. The molecule has 0 saturated carbocycles. The van der Waals surface area contributed by atoms with Crippen LogP contribution in [0, 0.1) is 0 Å². The van der Waals surface area contributed by atoms with Gasteiger partial charge in [0.25, 0.3) is 0 Å². The first-order valence-corrected chi connectivity index (χ1v) is 6.30. The van der Waals surface area contributed by atoms with Crippen molar-refractivity contribution in [1.29, 1.82) is 0 Å². The van der Waals surface area contributed by atoms with E-state index in [1.807, 2.05) is 6.07 Å². The molecule has 0 amide bonds. The van der Waals surface area contributed by atoms with Crippen molar-refractivity contribution in [3.05, 3.63) is 31.7 Å². The molecule has 0 saturated heterocycles. The van der Waals surface area contributed by atoms with Gasteiger partial charge in [0.2, 0.25) is 0 Å². The monoisotopic (exact) mass is 354 g/mol. The number of benzene rings is 1. The summed E-state index contributed by atoms with van der Waals surface area (Å²) in [6, 6.07) is 3.56. The number of hydrogen-bond acceptors (Lipinski definition) is 2. The van der Waals surface area contributed by atoms with Crippen molar-refractivity contribution in [2.24, 2.45) is 0 Å². The molecule has 0 radical (unpaired) electrons. The summed E-state index contributed by atoms with van der Waals surface area (Å²) in [5.74, 6) is -0.243. The van der Waals surface area contributed by atoms with Gasteiger partial charge in [-0.05, 0) is 40.5 Å². The second-order valence-corrected chi connectivity index (χ2v) is 4.96. The molecule has 1 aromatic carbocycles. The maximum absolute atomic E-state index is 11.3. The number of ether oxygens (including phenoxy) is 1. The van der Waals surface area contributed by atoms with Crippen LogP contribution in [0.25, 0.3) is 0 Å². The lowest BCUT2D eigenvalue weighted by Crippen LogP contribution is -2.07. The van der Waals surface area contributed by atoms with Crippen LogP contribution in [-0.4, -0.2) is 12.6 Å². The van der Waals surface area contributed by atoms with Crippen LogP contribution in [0.4, 0.5) is 0 Å². The molecule has 0 N–H and O–H groups in total.